The van der Waals surface area contributed by atoms with E-state index in [0.717, 1.165) is 106 Å². The Morgan fingerprint density at radius 1 is 0.390 bits per heavy atom. The molecule has 373 valence electrons. The number of hydrogen-bond donors (Lipinski definition) is 2. The zero-order chi connectivity index (χ0) is 52.0. The maximum Gasteiger partial charge on any atom is 0.132 e. The minimum atomic E-state index is -1.08. The number of phenols is 2. The number of nitrogens with zero attached hydrogens (tertiary/aromatic N) is 2. The van der Waals surface area contributed by atoms with Crippen LogP contribution in [0.2, 0.25) is 0 Å². The number of aliphatic carboxylic acids is 1. The van der Waals surface area contributed by atoms with Crippen molar-refractivity contribution in [1.82, 2.24) is 0 Å². The Morgan fingerprint density at radius 3 is 1.03 bits per heavy atom. The fraction of sp³-hybridized carbons (Fsp3) is 0.0429. The molecule has 6 nitrogen and oxygen atoms in total. The fourth-order valence-electron chi connectivity index (χ4n) is 10.5. The molecule has 0 bridgehead atoms. The second-order valence-electron chi connectivity index (χ2n) is 18.7. The van der Waals surface area contributed by atoms with Crippen LogP contribution >= 0.6 is 0 Å². The maximum absolute atomic E-state index is 12.8. The third-order valence-corrected chi connectivity index (χ3v) is 14.0. The fourth-order valence-corrected chi connectivity index (χ4v) is 10.5. The molecule has 0 fully saturated rings. The second-order valence-corrected chi connectivity index (χ2v) is 18.7. The number of benzene rings is 12. The molecule has 0 aliphatic rings. The van der Waals surface area contributed by atoms with Crippen molar-refractivity contribution in [2.24, 2.45) is 9.98 Å². The summed E-state index contributed by atoms with van der Waals surface area (Å²) in [5, 5.41) is 42.6. The van der Waals surface area contributed by atoms with Crippen molar-refractivity contribution in [2.45, 2.75) is 19.0 Å². The van der Waals surface area contributed by atoms with E-state index in [1.165, 1.54) is 0 Å². The molecule has 1 radical (unpaired) electrons. The van der Waals surface area contributed by atoms with Crippen LogP contribution in [-0.4, -0.2) is 28.6 Å². The van der Waals surface area contributed by atoms with Crippen molar-refractivity contribution in [2.75, 3.05) is 0 Å². The first-order valence-corrected chi connectivity index (χ1v) is 25.3. The molecule has 0 saturated heterocycles. The van der Waals surface area contributed by atoms with Gasteiger partial charge in [0.25, 0.3) is 0 Å². The Labute approximate surface area is 458 Å². The van der Waals surface area contributed by atoms with Gasteiger partial charge in [-0.2, -0.15) is 0 Å². The summed E-state index contributed by atoms with van der Waals surface area (Å²) >= 11 is 0. The average molecular weight is 1040 g/mol. The zero-order valence-corrected chi connectivity index (χ0v) is 43.2. The molecule has 0 saturated carbocycles. The van der Waals surface area contributed by atoms with Crippen LogP contribution in [0, 0.1) is 0 Å². The van der Waals surface area contributed by atoms with Crippen molar-refractivity contribution >= 4 is 61.5 Å². The minimum absolute atomic E-state index is 0. The maximum atomic E-state index is 12.8. The van der Waals surface area contributed by atoms with Gasteiger partial charge in [0.2, 0.25) is 0 Å². The first kappa shape index (κ1) is 51.1. The van der Waals surface area contributed by atoms with Gasteiger partial charge in [0.05, 0.1) is 0 Å². The van der Waals surface area contributed by atoms with Gasteiger partial charge in [-0.05, 0) is 95.5 Å². The number of fused-ring (bicyclic) bond motifs is 4. The van der Waals surface area contributed by atoms with Crippen molar-refractivity contribution in [1.29, 1.82) is 0 Å². The van der Waals surface area contributed by atoms with Crippen LogP contribution in [0.3, 0.4) is 0 Å². The van der Waals surface area contributed by atoms with Crippen molar-refractivity contribution in [3.05, 3.63) is 277 Å². The van der Waals surface area contributed by atoms with Gasteiger partial charge in [-0.3, -0.25) is 9.98 Å². The molecule has 0 heterocycles. The van der Waals surface area contributed by atoms with Gasteiger partial charge >= 0.3 is 0 Å². The Hall–Kier alpha value is -9.39. The summed E-state index contributed by atoms with van der Waals surface area (Å²) in [5.41, 5.74) is 10.7. The molecule has 0 aliphatic carbocycles. The molecule has 77 heavy (non-hydrogen) atoms. The molecule has 0 spiro atoms. The van der Waals surface area contributed by atoms with Crippen molar-refractivity contribution in [3.63, 3.8) is 0 Å². The van der Waals surface area contributed by atoms with E-state index in [1.54, 1.807) is 0 Å². The summed E-state index contributed by atoms with van der Waals surface area (Å²) in [6.45, 7) is 0.972. The van der Waals surface area contributed by atoms with Crippen molar-refractivity contribution in [3.8, 4) is 56.0 Å². The topological polar surface area (TPSA) is 105 Å². The van der Waals surface area contributed by atoms with E-state index in [-0.39, 0.29) is 28.6 Å². The minimum Gasteiger partial charge on any atom is -0.550 e. The molecule has 0 unspecified atom stereocenters. The number of hydrogen-bond acceptors (Lipinski definition) is 6. The molecule has 2 atom stereocenters. The molecule has 12 aromatic rings. The first-order chi connectivity index (χ1) is 37.3. The van der Waals surface area contributed by atoms with Crippen LogP contribution in [0.1, 0.15) is 41.3 Å². The van der Waals surface area contributed by atoms with Crippen LogP contribution in [0.15, 0.2) is 265 Å². The van der Waals surface area contributed by atoms with Crippen LogP contribution in [-0.2, 0) is 21.9 Å². The standard InChI is InChI=1S/C68H48N2O2.C2H4O2.Mn/c71-67-53(41-51-31-15-19-35-57(51)63(67)61-55-33-17-13-25-47(55)37-39-59(61)45-21-5-1-6-22-45)43-69-65(49-27-9-3-10-28-49)66(50-29-11-4-12-30-50)70-44-54-42-52-32-16-20-36-58(52)64(68(54)72)62-56-34-18-14-26-48(56)38-40-60(62)46-23-7-2-8-24-46;1-2(3)4;/h1-44,65-66,71-72H;1H3,(H,3,4);/p-1/t65-,66-;;/m0../s1. The van der Waals surface area contributed by atoms with Crippen LogP contribution in [0.25, 0.3) is 87.6 Å². The predicted molar refractivity (Wildman–Crippen MR) is 312 cm³/mol. The first-order valence-electron chi connectivity index (χ1n) is 25.3. The van der Waals surface area contributed by atoms with E-state index in [9.17, 15) is 10.2 Å². The van der Waals surface area contributed by atoms with E-state index in [1.807, 2.05) is 97.4 Å². The second kappa shape index (κ2) is 23.0. The molecule has 0 aromatic heterocycles. The third-order valence-electron chi connectivity index (χ3n) is 14.0. The van der Waals surface area contributed by atoms with Crippen molar-refractivity contribution < 1.29 is 37.2 Å². The Morgan fingerprint density at radius 2 is 0.675 bits per heavy atom. The molecule has 12 rings (SSSR count). The number of carboxylic acids is 1. The van der Waals surface area contributed by atoms with Gasteiger partial charge in [-0.15, -0.1) is 0 Å². The van der Waals surface area contributed by atoms with Gasteiger partial charge in [-0.1, -0.05) is 243 Å². The molecular weight excluding hydrogens is 988 g/mol. The van der Waals surface area contributed by atoms with E-state index in [0.29, 0.717) is 11.1 Å². The molecule has 0 amide bonds. The van der Waals surface area contributed by atoms with Crippen LogP contribution in [0.5, 0.6) is 11.5 Å². The van der Waals surface area contributed by atoms with Gasteiger partial charge < -0.3 is 20.1 Å². The molecule has 12 aromatic carbocycles. The Balaban J connectivity index is 0.00000130. The number of aromatic hydroxyl groups is 2. The summed E-state index contributed by atoms with van der Waals surface area (Å²) in [6.07, 6.45) is 3.64. The molecule has 7 heteroatoms. The Bertz CT molecular complexity index is 3860. The quantitative estimate of drug-likeness (QED) is 0.0994. The smallest absolute Gasteiger partial charge is 0.132 e. The summed E-state index contributed by atoms with van der Waals surface area (Å²) in [7, 11) is 0. The average Bonchev–Trinajstić information content (AvgIpc) is 3.57. The molecular formula is C70H51MnN2O4-. The summed E-state index contributed by atoms with van der Waals surface area (Å²) in [6, 6.07) is 86.1. The van der Waals surface area contributed by atoms with E-state index >= 15 is 0 Å². The van der Waals surface area contributed by atoms with Gasteiger partial charge in [0, 0.05) is 68.8 Å². The number of carbonyl (C=O) groups is 1. The van der Waals surface area contributed by atoms with E-state index < -0.39 is 18.1 Å². The number of carbonyl (C=O) groups excluding carboxylic acids is 1. The molecule has 2 N–H and O–H groups in total. The van der Waals surface area contributed by atoms with Gasteiger partial charge in [0.15, 0.2) is 0 Å². The van der Waals surface area contributed by atoms with E-state index in [2.05, 4.69) is 170 Å². The SMILES string of the molecule is CC(=O)[O-].Oc1c(C=N[C@@H](c2ccccc2)[C@@H](N=Cc2cc3ccccc3c(-c3c(-c4ccccc4)ccc4ccccc34)c2O)c2ccccc2)cc2ccccc2c1-c1c(-c2ccccc2)ccc2ccccc12.[Mn]. The van der Waals surface area contributed by atoms with E-state index in [4.69, 9.17) is 19.9 Å². The number of phenolic OH excluding ortho intramolecular Hbond substituents is 2. The normalized spacial score (nSPS) is 12.1. The summed E-state index contributed by atoms with van der Waals surface area (Å²) < 4.78 is 0. The summed E-state index contributed by atoms with van der Waals surface area (Å²) in [4.78, 5) is 19.8. The number of rotatable bonds is 11. The summed E-state index contributed by atoms with van der Waals surface area (Å²) in [5.74, 6) is -0.788. The molecule has 0 aliphatic heterocycles. The third kappa shape index (κ3) is 10.5. The monoisotopic (exact) mass is 1040 g/mol. The predicted octanol–water partition coefficient (Wildman–Crippen LogP) is 16.2. The largest absolute Gasteiger partial charge is 0.550 e. The van der Waals surface area contributed by atoms with Crippen LogP contribution < -0.4 is 5.11 Å². The van der Waals surface area contributed by atoms with Gasteiger partial charge in [-0.25, -0.2) is 0 Å². The zero-order valence-electron chi connectivity index (χ0n) is 42.0. The van der Waals surface area contributed by atoms with Gasteiger partial charge in [0.1, 0.15) is 23.6 Å². The number of aliphatic imine (C=N–C) groups is 2. The van der Waals surface area contributed by atoms with Crippen LogP contribution in [0.4, 0.5) is 0 Å². The number of carboxylic acid groups (broad SMARTS) is 1. The Kier molecular flexibility index (Phi) is 15.3.